The van der Waals surface area contributed by atoms with E-state index in [2.05, 4.69) is 21.8 Å². The Labute approximate surface area is 171 Å². The summed E-state index contributed by atoms with van der Waals surface area (Å²) in [6, 6.07) is 0.656. The number of rotatable bonds is 4. The van der Waals surface area contributed by atoms with Gasteiger partial charge < -0.3 is 14.9 Å². The maximum atomic E-state index is 12.9. The van der Waals surface area contributed by atoms with E-state index in [-0.39, 0.29) is 12.4 Å². The van der Waals surface area contributed by atoms with Crippen LogP contribution in [0.2, 0.25) is 0 Å². The number of fused-ring (bicyclic) bond motifs is 4. The van der Waals surface area contributed by atoms with E-state index in [0.29, 0.717) is 42.8 Å². The summed E-state index contributed by atoms with van der Waals surface area (Å²) in [7, 11) is 0. The van der Waals surface area contributed by atoms with Gasteiger partial charge in [-0.15, -0.1) is 0 Å². The summed E-state index contributed by atoms with van der Waals surface area (Å²) in [4.78, 5) is 38.2. The minimum absolute atomic E-state index is 0.161. The minimum atomic E-state index is -0.250. The lowest BCUT2D eigenvalue weighted by atomic mass is 9.71. The van der Waals surface area contributed by atoms with Crippen LogP contribution in [0.3, 0.4) is 0 Å². The van der Waals surface area contributed by atoms with Crippen LogP contribution in [0.25, 0.3) is 0 Å². The molecule has 2 bridgehead atoms. The molecule has 4 atom stereocenters. The molecule has 0 aliphatic carbocycles. The van der Waals surface area contributed by atoms with Gasteiger partial charge in [-0.25, -0.2) is 0 Å². The first-order chi connectivity index (χ1) is 14.0. The first-order valence-corrected chi connectivity index (χ1v) is 10.6. The lowest BCUT2D eigenvalue weighted by Gasteiger charge is -2.56. The van der Waals surface area contributed by atoms with Gasteiger partial charge in [0.25, 0.3) is 6.47 Å². The maximum Gasteiger partial charge on any atom is 0.290 e. The van der Waals surface area contributed by atoms with E-state index in [0.717, 1.165) is 44.3 Å². The van der Waals surface area contributed by atoms with Crippen LogP contribution in [0.5, 0.6) is 0 Å². The summed E-state index contributed by atoms with van der Waals surface area (Å²) in [6.45, 7) is 5.84. The van der Waals surface area contributed by atoms with Gasteiger partial charge in [0.15, 0.2) is 0 Å². The number of likely N-dealkylation sites (tertiary alicyclic amines) is 1. The fourth-order valence-corrected chi connectivity index (χ4v) is 5.44. The van der Waals surface area contributed by atoms with Gasteiger partial charge in [-0.3, -0.25) is 19.1 Å². The van der Waals surface area contributed by atoms with Gasteiger partial charge in [-0.2, -0.15) is 5.10 Å². The average molecular weight is 405 g/mol. The standard InChI is InChI=1S/C20H30N4O2.CH2O2/c1-3-5-17-15-8-16(18-6-4-7-19(25)24(17)18)12-22(11-15)20(26)13-23-10-14(2)9-21-23;2-1-3/h9-10,15-18H,3-8,11-13H2,1-2H3;1H,(H,2,3)/t15-,16+,17-,18-;/m0./s1. The second-order valence-electron chi connectivity index (χ2n) is 8.49. The molecule has 1 N–H and O–H groups in total. The number of hydrogen-bond donors (Lipinski definition) is 1. The zero-order valence-electron chi connectivity index (χ0n) is 17.4. The lowest BCUT2D eigenvalue weighted by molar-refractivity contribution is -0.156. The highest BCUT2D eigenvalue weighted by Crippen LogP contribution is 2.42. The van der Waals surface area contributed by atoms with Crippen LogP contribution in [0.4, 0.5) is 0 Å². The van der Waals surface area contributed by atoms with Crippen LogP contribution in [0.15, 0.2) is 12.4 Å². The van der Waals surface area contributed by atoms with E-state index >= 15 is 0 Å². The quantitative estimate of drug-likeness (QED) is 0.774. The molecule has 8 nitrogen and oxygen atoms in total. The summed E-state index contributed by atoms with van der Waals surface area (Å²) in [5.41, 5.74) is 1.08. The Balaban J connectivity index is 0.000000755. The van der Waals surface area contributed by atoms with Crippen molar-refractivity contribution < 1.29 is 19.5 Å². The largest absolute Gasteiger partial charge is 0.483 e. The van der Waals surface area contributed by atoms with Crippen LogP contribution in [-0.4, -0.2) is 68.1 Å². The molecule has 0 radical (unpaired) electrons. The number of aryl methyl sites for hydroxylation is 1. The molecular formula is C21H32N4O4. The highest BCUT2D eigenvalue weighted by molar-refractivity contribution is 5.78. The predicted molar refractivity (Wildman–Crippen MR) is 107 cm³/mol. The van der Waals surface area contributed by atoms with E-state index in [4.69, 9.17) is 9.90 Å². The van der Waals surface area contributed by atoms with Crippen LogP contribution in [0, 0.1) is 18.8 Å². The van der Waals surface area contributed by atoms with Gasteiger partial charge in [-0.05, 0) is 50.0 Å². The normalized spacial score (nSPS) is 28.3. The summed E-state index contributed by atoms with van der Waals surface area (Å²) < 4.78 is 1.74. The maximum absolute atomic E-state index is 12.9. The van der Waals surface area contributed by atoms with Gasteiger partial charge in [0.1, 0.15) is 6.54 Å². The number of carbonyl (C=O) groups excluding carboxylic acids is 2. The van der Waals surface area contributed by atoms with Crippen molar-refractivity contribution in [3.63, 3.8) is 0 Å². The van der Waals surface area contributed by atoms with Crippen molar-refractivity contribution in [1.82, 2.24) is 19.6 Å². The fourth-order valence-electron chi connectivity index (χ4n) is 5.44. The van der Waals surface area contributed by atoms with Crippen molar-refractivity contribution in [1.29, 1.82) is 0 Å². The summed E-state index contributed by atoms with van der Waals surface area (Å²) in [5, 5.41) is 11.1. The minimum Gasteiger partial charge on any atom is -0.483 e. The Hall–Kier alpha value is -2.38. The number of amides is 2. The fraction of sp³-hybridized carbons (Fsp3) is 0.714. The number of aromatic nitrogens is 2. The number of nitrogens with zero attached hydrogens (tertiary/aromatic N) is 4. The average Bonchev–Trinajstić information content (AvgIpc) is 3.10. The Morgan fingerprint density at radius 2 is 2.07 bits per heavy atom. The smallest absolute Gasteiger partial charge is 0.290 e. The molecule has 1 aromatic rings. The van der Waals surface area contributed by atoms with Gasteiger partial charge >= 0.3 is 0 Å². The molecule has 160 valence electrons. The molecule has 3 fully saturated rings. The second-order valence-corrected chi connectivity index (χ2v) is 8.49. The third kappa shape index (κ3) is 4.62. The Kier molecular flexibility index (Phi) is 6.92. The number of carboxylic acid groups (broad SMARTS) is 1. The number of piperidine rings is 3. The molecule has 1 aromatic heterocycles. The van der Waals surface area contributed by atoms with Crippen molar-refractivity contribution in [2.24, 2.45) is 11.8 Å². The highest BCUT2D eigenvalue weighted by atomic mass is 16.3. The van der Waals surface area contributed by atoms with E-state index in [1.807, 2.05) is 13.1 Å². The van der Waals surface area contributed by atoms with E-state index < -0.39 is 0 Å². The highest BCUT2D eigenvalue weighted by Gasteiger charge is 2.49. The summed E-state index contributed by atoms with van der Waals surface area (Å²) in [6.07, 6.45) is 9.83. The van der Waals surface area contributed by atoms with Crippen molar-refractivity contribution in [2.75, 3.05) is 13.1 Å². The zero-order chi connectivity index (χ0) is 21.0. The van der Waals surface area contributed by atoms with E-state index in [1.54, 1.807) is 10.9 Å². The molecule has 3 aliphatic rings. The Bertz CT molecular complexity index is 734. The van der Waals surface area contributed by atoms with Gasteiger partial charge in [-0.1, -0.05) is 13.3 Å². The van der Waals surface area contributed by atoms with Crippen LogP contribution in [0.1, 0.15) is 51.0 Å². The molecule has 0 spiro atoms. The topological polar surface area (TPSA) is 95.7 Å². The number of carbonyl (C=O) groups is 3. The molecule has 29 heavy (non-hydrogen) atoms. The Morgan fingerprint density at radius 1 is 1.34 bits per heavy atom. The molecule has 4 rings (SSSR count). The van der Waals surface area contributed by atoms with Crippen LogP contribution < -0.4 is 0 Å². The third-order valence-electron chi connectivity index (χ3n) is 6.49. The lowest BCUT2D eigenvalue weighted by Crippen LogP contribution is -2.65. The van der Waals surface area contributed by atoms with Gasteiger partial charge in [0.2, 0.25) is 11.8 Å². The van der Waals surface area contributed by atoms with Crippen LogP contribution >= 0.6 is 0 Å². The van der Waals surface area contributed by atoms with E-state index in [9.17, 15) is 9.59 Å². The SMILES string of the molecule is CCC[C@H]1[C@H]2C[C@H](CN(C(=O)Cn3cc(C)cn3)C2)[C@@H]2CCCC(=O)N21.O=CO. The zero-order valence-corrected chi connectivity index (χ0v) is 17.4. The molecule has 2 amide bonds. The van der Waals surface area contributed by atoms with Crippen molar-refractivity contribution in [3.8, 4) is 0 Å². The molecule has 0 aromatic carbocycles. The van der Waals surface area contributed by atoms with Crippen molar-refractivity contribution in [2.45, 2.75) is 71.0 Å². The third-order valence-corrected chi connectivity index (χ3v) is 6.49. The molecule has 3 saturated heterocycles. The monoisotopic (exact) mass is 404 g/mol. The van der Waals surface area contributed by atoms with Crippen molar-refractivity contribution >= 4 is 18.3 Å². The predicted octanol–water partition coefficient (Wildman–Crippen LogP) is 1.92. The first-order valence-electron chi connectivity index (χ1n) is 10.6. The van der Waals surface area contributed by atoms with Crippen LogP contribution in [-0.2, 0) is 20.9 Å². The first kappa shape index (κ1) is 21.3. The molecule has 0 saturated carbocycles. The van der Waals surface area contributed by atoms with Gasteiger partial charge in [0, 0.05) is 37.8 Å². The number of hydrogen-bond acceptors (Lipinski definition) is 4. The molecule has 8 heteroatoms. The molecular weight excluding hydrogens is 372 g/mol. The Morgan fingerprint density at radius 3 is 2.72 bits per heavy atom. The van der Waals surface area contributed by atoms with Crippen molar-refractivity contribution in [3.05, 3.63) is 18.0 Å². The summed E-state index contributed by atoms with van der Waals surface area (Å²) in [5.74, 6) is 1.37. The van der Waals surface area contributed by atoms with E-state index in [1.165, 1.54) is 6.42 Å². The summed E-state index contributed by atoms with van der Waals surface area (Å²) >= 11 is 0. The molecule has 0 unspecified atom stereocenters. The van der Waals surface area contributed by atoms with Gasteiger partial charge in [0.05, 0.1) is 6.20 Å². The second kappa shape index (κ2) is 9.41. The molecule has 3 aliphatic heterocycles. The molecule has 4 heterocycles.